The summed E-state index contributed by atoms with van der Waals surface area (Å²) in [6.07, 6.45) is -8.05. The van der Waals surface area contributed by atoms with Gasteiger partial charge in [0.05, 0.1) is 11.1 Å². The molecule has 0 aliphatic rings. The van der Waals surface area contributed by atoms with E-state index in [0.717, 1.165) is 24.3 Å². The lowest BCUT2D eigenvalue weighted by Crippen LogP contribution is -2.07. The predicted octanol–water partition coefficient (Wildman–Crippen LogP) is 7.81. The quantitative estimate of drug-likeness (QED) is 0.324. The number of hydrogen-bond donors (Lipinski definition) is 1. The van der Waals surface area contributed by atoms with E-state index in [0.29, 0.717) is 0 Å². The highest BCUT2D eigenvalue weighted by molar-refractivity contribution is 9.10. The number of ether oxygens (including phenoxy) is 2. The monoisotopic (exact) mass is 570 g/mol. The highest BCUT2D eigenvalue weighted by Crippen LogP contribution is 2.41. The van der Waals surface area contributed by atoms with Crippen molar-refractivity contribution >= 4 is 37.5 Å². The van der Waals surface area contributed by atoms with Crippen molar-refractivity contribution in [2.75, 3.05) is 5.73 Å². The SMILES string of the molecule is Nc1c(Oc2ccc(Br)c(C(F)(F)F)c2)ccnc1Oc1ccc(Br)c(C(F)(F)F)c1. The molecule has 1 aromatic heterocycles. The third-order valence-corrected chi connectivity index (χ3v) is 5.23. The minimum atomic E-state index is -4.63. The van der Waals surface area contributed by atoms with Crippen LogP contribution in [0.2, 0.25) is 0 Å². The largest absolute Gasteiger partial charge is 0.455 e. The Bertz CT molecular complexity index is 1040. The first-order valence-corrected chi connectivity index (χ1v) is 9.78. The molecule has 0 aliphatic carbocycles. The van der Waals surface area contributed by atoms with Crippen molar-refractivity contribution < 1.29 is 35.8 Å². The fourth-order valence-corrected chi connectivity index (χ4v) is 3.36. The maximum atomic E-state index is 13.1. The zero-order valence-electron chi connectivity index (χ0n) is 15.0. The van der Waals surface area contributed by atoms with Gasteiger partial charge in [0.2, 0.25) is 5.88 Å². The Morgan fingerprint density at radius 2 is 1.23 bits per heavy atom. The average molecular weight is 572 g/mol. The molecule has 3 rings (SSSR count). The minimum absolute atomic E-state index is 0.0893. The number of halogens is 8. The number of alkyl halides is 6. The van der Waals surface area contributed by atoms with Gasteiger partial charge in [-0.3, -0.25) is 0 Å². The number of rotatable bonds is 4. The Kier molecular flexibility index (Phi) is 6.42. The number of nitrogens with two attached hydrogens (primary N) is 1. The van der Waals surface area contributed by atoms with E-state index >= 15 is 0 Å². The Morgan fingerprint density at radius 3 is 1.71 bits per heavy atom. The van der Waals surface area contributed by atoms with Crippen LogP contribution in [0, 0.1) is 0 Å². The van der Waals surface area contributed by atoms with Gasteiger partial charge in [0, 0.05) is 21.2 Å². The van der Waals surface area contributed by atoms with E-state index in [2.05, 4.69) is 36.8 Å². The first-order chi connectivity index (χ1) is 14.4. The van der Waals surface area contributed by atoms with Crippen LogP contribution in [0.5, 0.6) is 23.1 Å². The smallest absolute Gasteiger partial charge is 0.417 e. The van der Waals surface area contributed by atoms with E-state index in [1.165, 1.54) is 24.4 Å². The molecule has 0 spiro atoms. The minimum Gasteiger partial charge on any atom is -0.455 e. The van der Waals surface area contributed by atoms with E-state index in [1.807, 2.05) is 0 Å². The lowest BCUT2D eigenvalue weighted by atomic mass is 10.2. The Balaban J connectivity index is 1.90. The fourth-order valence-electron chi connectivity index (χ4n) is 2.42. The molecule has 164 valence electrons. The molecule has 4 nitrogen and oxygen atoms in total. The fraction of sp³-hybridized carbons (Fsp3) is 0.105. The number of pyridine rings is 1. The predicted molar refractivity (Wildman–Crippen MR) is 107 cm³/mol. The van der Waals surface area contributed by atoms with Gasteiger partial charge in [-0.05, 0) is 36.4 Å². The van der Waals surface area contributed by atoms with Crippen molar-refractivity contribution in [1.29, 1.82) is 0 Å². The molecule has 31 heavy (non-hydrogen) atoms. The Morgan fingerprint density at radius 1 is 0.742 bits per heavy atom. The summed E-state index contributed by atoms with van der Waals surface area (Å²) in [7, 11) is 0. The molecule has 0 fully saturated rings. The van der Waals surface area contributed by atoms with Crippen LogP contribution in [0.25, 0.3) is 0 Å². The Hall–Kier alpha value is -2.47. The van der Waals surface area contributed by atoms with E-state index in [9.17, 15) is 26.3 Å². The van der Waals surface area contributed by atoms with Crippen molar-refractivity contribution in [2.24, 2.45) is 0 Å². The molecule has 2 N–H and O–H groups in total. The number of aromatic nitrogens is 1. The summed E-state index contributed by atoms with van der Waals surface area (Å²) in [6.45, 7) is 0. The number of nitrogens with zero attached hydrogens (tertiary/aromatic N) is 1. The molecule has 0 aliphatic heterocycles. The van der Waals surface area contributed by atoms with Crippen LogP contribution in [0.1, 0.15) is 11.1 Å². The summed E-state index contributed by atoms with van der Waals surface area (Å²) < 4.78 is 88.9. The van der Waals surface area contributed by atoms with Gasteiger partial charge in [-0.1, -0.05) is 31.9 Å². The lowest BCUT2D eigenvalue weighted by Gasteiger charge is -2.15. The summed E-state index contributed by atoms with van der Waals surface area (Å²) in [5.41, 5.74) is 3.78. The molecule has 0 radical (unpaired) electrons. The summed E-state index contributed by atoms with van der Waals surface area (Å²) in [5, 5.41) is 0. The summed E-state index contributed by atoms with van der Waals surface area (Å²) in [5.74, 6) is -0.730. The van der Waals surface area contributed by atoms with E-state index < -0.39 is 23.5 Å². The van der Waals surface area contributed by atoms with Gasteiger partial charge >= 0.3 is 12.4 Å². The first kappa shape index (κ1) is 23.2. The van der Waals surface area contributed by atoms with Crippen LogP contribution in [0.15, 0.2) is 57.6 Å². The van der Waals surface area contributed by atoms with E-state index in [1.54, 1.807) is 0 Å². The van der Waals surface area contributed by atoms with Gasteiger partial charge in [0.15, 0.2) is 5.75 Å². The number of anilines is 1. The van der Waals surface area contributed by atoms with Crippen molar-refractivity contribution in [3.8, 4) is 23.1 Å². The van der Waals surface area contributed by atoms with Gasteiger partial charge in [-0.15, -0.1) is 0 Å². The van der Waals surface area contributed by atoms with E-state index in [4.69, 9.17) is 15.2 Å². The van der Waals surface area contributed by atoms with Crippen LogP contribution in [-0.2, 0) is 12.4 Å². The van der Waals surface area contributed by atoms with Gasteiger partial charge < -0.3 is 15.2 Å². The van der Waals surface area contributed by atoms with Crippen molar-refractivity contribution in [2.45, 2.75) is 12.4 Å². The Labute approximate surface area is 188 Å². The van der Waals surface area contributed by atoms with Crippen LogP contribution < -0.4 is 15.2 Å². The molecular weight excluding hydrogens is 562 g/mol. The maximum absolute atomic E-state index is 13.1. The van der Waals surface area contributed by atoms with Gasteiger partial charge in [0.1, 0.15) is 17.2 Å². The molecule has 2 aromatic carbocycles. The summed E-state index contributed by atoms with van der Waals surface area (Å²) >= 11 is 5.65. The van der Waals surface area contributed by atoms with Crippen molar-refractivity contribution in [1.82, 2.24) is 4.98 Å². The molecule has 0 amide bonds. The molecule has 0 saturated carbocycles. The summed E-state index contributed by atoms with van der Waals surface area (Å²) in [6, 6.07) is 7.66. The van der Waals surface area contributed by atoms with Crippen LogP contribution in [-0.4, -0.2) is 4.98 Å². The number of benzene rings is 2. The molecule has 12 heteroatoms. The molecule has 0 atom stereocenters. The molecule has 3 aromatic rings. The molecular formula is C19H10Br2F6N2O2. The summed E-state index contributed by atoms with van der Waals surface area (Å²) in [4.78, 5) is 3.85. The van der Waals surface area contributed by atoms with Gasteiger partial charge in [-0.2, -0.15) is 26.3 Å². The van der Waals surface area contributed by atoms with Crippen LogP contribution >= 0.6 is 31.9 Å². The number of hydrogen-bond acceptors (Lipinski definition) is 4. The highest BCUT2D eigenvalue weighted by atomic mass is 79.9. The van der Waals surface area contributed by atoms with E-state index in [-0.39, 0.29) is 37.8 Å². The number of nitrogen functional groups attached to an aromatic ring is 1. The molecule has 0 saturated heterocycles. The van der Waals surface area contributed by atoms with Crippen LogP contribution in [0.3, 0.4) is 0 Å². The lowest BCUT2D eigenvalue weighted by molar-refractivity contribution is -0.139. The molecule has 1 heterocycles. The van der Waals surface area contributed by atoms with Gasteiger partial charge in [-0.25, -0.2) is 4.98 Å². The zero-order chi connectivity index (χ0) is 23.0. The second kappa shape index (κ2) is 8.58. The standard InChI is InChI=1S/C19H10Br2F6N2O2/c20-13-3-1-9(7-11(13)18(22,23)24)30-15-5-6-29-17(16(15)28)31-10-2-4-14(21)12(8-10)19(25,26)27/h1-8H,28H2. The van der Waals surface area contributed by atoms with Crippen LogP contribution in [0.4, 0.5) is 32.0 Å². The zero-order valence-corrected chi connectivity index (χ0v) is 18.2. The third-order valence-electron chi connectivity index (χ3n) is 3.84. The van der Waals surface area contributed by atoms with Crippen molar-refractivity contribution in [3.63, 3.8) is 0 Å². The second-order valence-corrected chi connectivity index (χ2v) is 7.72. The van der Waals surface area contributed by atoms with Crippen molar-refractivity contribution in [3.05, 3.63) is 68.7 Å². The first-order valence-electron chi connectivity index (χ1n) is 8.20. The second-order valence-electron chi connectivity index (χ2n) is 6.01. The highest BCUT2D eigenvalue weighted by Gasteiger charge is 2.34. The molecule has 0 bridgehead atoms. The average Bonchev–Trinajstić information content (AvgIpc) is 2.66. The molecule has 0 unspecified atom stereocenters. The topological polar surface area (TPSA) is 57.4 Å². The maximum Gasteiger partial charge on any atom is 0.417 e. The normalized spacial score (nSPS) is 12.0. The van der Waals surface area contributed by atoms with Gasteiger partial charge in [0.25, 0.3) is 0 Å². The third kappa shape index (κ3) is 5.42.